The number of nitrogens with one attached hydrogen (secondary N) is 2. The molecule has 2 rings (SSSR count). The summed E-state index contributed by atoms with van der Waals surface area (Å²) in [5, 5.41) is 4.95. The van der Waals surface area contributed by atoms with E-state index in [2.05, 4.69) is 60.2 Å². The molecule has 1 atom stereocenters. The molecule has 0 aliphatic carbocycles. The number of nitrogens with zero attached hydrogens (tertiary/aromatic N) is 1. The molecular weight excluding hydrogens is 234 g/mol. The summed E-state index contributed by atoms with van der Waals surface area (Å²) in [6.45, 7) is 11.0. The molecule has 0 aliphatic heterocycles. The number of rotatable bonds is 7. The minimum Gasteiger partial charge on any atom is -0.361 e. The summed E-state index contributed by atoms with van der Waals surface area (Å²) in [7, 11) is 0. The highest BCUT2D eigenvalue weighted by molar-refractivity contribution is 5.82. The van der Waals surface area contributed by atoms with Gasteiger partial charge in [-0.1, -0.05) is 26.0 Å². The standard InChI is InChI=1S/C16H25N3/c1-4-19(5-2)12-13(3)18-11-14-7-6-8-16-15(14)9-10-17-16/h6-10,13,17-18H,4-5,11-12H2,1-3H3. The van der Waals surface area contributed by atoms with E-state index >= 15 is 0 Å². The first-order chi connectivity index (χ1) is 9.24. The second-order valence-corrected chi connectivity index (χ2v) is 5.12. The number of aromatic nitrogens is 1. The third-order valence-corrected chi connectivity index (χ3v) is 3.75. The van der Waals surface area contributed by atoms with Crippen molar-refractivity contribution in [3.05, 3.63) is 36.0 Å². The van der Waals surface area contributed by atoms with E-state index in [-0.39, 0.29) is 0 Å². The van der Waals surface area contributed by atoms with Gasteiger partial charge in [-0.25, -0.2) is 0 Å². The Balaban J connectivity index is 1.93. The number of H-pyrrole nitrogens is 1. The lowest BCUT2D eigenvalue weighted by atomic mass is 10.1. The SMILES string of the molecule is CCN(CC)CC(C)NCc1cccc2[nH]ccc12. The molecule has 2 N–H and O–H groups in total. The molecule has 0 fully saturated rings. The van der Waals surface area contributed by atoms with Crippen LogP contribution >= 0.6 is 0 Å². The molecular formula is C16H25N3. The summed E-state index contributed by atoms with van der Waals surface area (Å²) >= 11 is 0. The van der Waals surface area contributed by atoms with Crippen LogP contribution in [0.25, 0.3) is 10.9 Å². The summed E-state index contributed by atoms with van der Waals surface area (Å²) in [4.78, 5) is 5.71. The lowest BCUT2D eigenvalue weighted by Gasteiger charge is -2.23. The average molecular weight is 259 g/mol. The van der Waals surface area contributed by atoms with Gasteiger partial charge in [-0.05, 0) is 37.7 Å². The predicted molar refractivity (Wildman–Crippen MR) is 82.4 cm³/mol. The fraction of sp³-hybridized carbons (Fsp3) is 0.500. The van der Waals surface area contributed by atoms with Crippen LogP contribution in [-0.2, 0) is 6.54 Å². The fourth-order valence-corrected chi connectivity index (χ4v) is 2.52. The maximum Gasteiger partial charge on any atom is 0.0457 e. The Morgan fingerprint density at radius 2 is 2.00 bits per heavy atom. The number of hydrogen-bond acceptors (Lipinski definition) is 2. The Hall–Kier alpha value is -1.32. The highest BCUT2D eigenvalue weighted by Gasteiger charge is 2.07. The smallest absolute Gasteiger partial charge is 0.0457 e. The topological polar surface area (TPSA) is 31.1 Å². The Kier molecular flexibility index (Phi) is 5.00. The van der Waals surface area contributed by atoms with Crippen LogP contribution in [0.15, 0.2) is 30.5 Å². The lowest BCUT2D eigenvalue weighted by molar-refractivity contribution is 0.271. The Morgan fingerprint density at radius 3 is 2.74 bits per heavy atom. The minimum atomic E-state index is 0.508. The van der Waals surface area contributed by atoms with Gasteiger partial charge in [0.1, 0.15) is 0 Å². The molecule has 3 heteroatoms. The number of hydrogen-bond donors (Lipinski definition) is 2. The van der Waals surface area contributed by atoms with Gasteiger partial charge in [-0.3, -0.25) is 0 Å². The van der Waals surface area contributed by atoms with Crippen molar-refractivity contribution in [2.24, 2.45) is 0 Å². The van der Waals surface area contributed by atoms with Gasteiger partial charge < -0.3 is 15.2 Å². The van der Waals surface area contributed by atoms with E-state index in [1.54, 1.807) is 0 Å². The van der Waals surface area contributed by atoms with Crippen molar-refractivity contribution in [2.45, 2.75) is 33.4 Å². The van der Waals surface area contributed by atoms with Crippen molar-refractivity contribution < 1.29 is 0 Å². The highest BCUT2D eigenvalue weighted by atomic mass is 15.1. The second kappa shape index (κ2) is 6.73. The van der Waals surface area contributed by atoms with Crippen LogP contribution < -0.4 is 5.32 Å². The van der Waals surface area contributed by atoms with Crippen LogP contribution in [0.3, 0.4) is 0 Å². The number of benzene rings is 1. The van der Waals surface area contributed by atoms with Crippen molar-refractivity contribution in [1.29, 1.82) is 0 Å². The summed E-state index contributed by atoms with van der Waals surface area (Å²) in [6.07, 6.45) is 2.01. The van der Waals surface area contributed by atoms with Crippen molar-refractivity contribution in [2.75, 3.05) is 19.6 Å². The summed E-state index contributed by atoms with van der Waals surface area (Å²) in [6, 6.07) is 9.10. The average Bonchev–Trinajstić information content (AvgIpc) is 2.91. The summed E-state index contributed by atoms with van der Waals surface area (Å²) < 4.78 is 0. The van der Waals surface area contributed by atoms with Crippen LogP contribution in [-0.4, -0.2) is 35.6 Å². The van der Waals surface area contributed by atoms with Crippen molar-refractivity contribution in [3.8, 4) is 0 Å². The maximum absolute atomic E-state index is 3.62. The van der Waals surface area contributed by atoms with Gasteiger partial charge in [-0.15, -0.1) is 0 Å². The zero-order valence-electron chi connectivity index (χ0n) is 12.2. The van der Waals surface area contributed by atoms with Crippen molar-refractivity contribution in [3.63, 3.8) is 0 Å². The normalized spacial score (nSPS) is 13.3. The minimum absolute atomic E-state index is 0.508. The largest absolute Gasteiger partial charge is 0.361 e. The van der Waals surface area contributed by atoms with Crippen molar-refractivity contribution >= 4 is 10.9 Å². The first-order valence-corrected chi connectivity index (χ1v) is 7.25. The van der Waals surface area contributed by atoms with E-state index in [0.29, 0.717) is 6.04 Å². The molecule has 1 aromatic heterocycles. The molecule has 3 nitrogen and oxygen atoms in total. The molecule has 0 aliphatic rings. The van der Waals surface area contributed by atoms with Gasteiger partial charge >= 0.3 is 0 Å². The summed E-state index contributed by atoms with van der Waals surface area (Å²) in [5.41, 5.74) is 2.58. The van der Waals surface area contributed by atoms with Gasteiger partial charge in [0.2, 0.25) is 0 Å². The Bertz CT molecular complexity index is 499. The van der Waals surface area contributed by atoms with Crippen LogP contribution in [0.4, 0.5) is 0 Å². The molecule has 0 radical (unpaired) electrons. The molecule has 1 heterocycles. The molecule has 0 amide bonds. The van der Waals surface area contributed by atoms with E-state index < -0.39 is 0 Å². The molecule has 0 spiro atoms. The lowest BCUT2D eigenvalue weighted by Crippen LogP contribution is -2.38. The van der Waals surface area contributed by atoms with Crippen LogP contribution in [0.2, 0.25) is 0 Å². The van der Waals surface area contributed by atoms with Gasteiger partial charge in [0.15, 0.2) is 0 Å². The van der Waals surface area contributed by atoms with E-state index in [0.717, 1.165) is 26.2 Å². The number of fused-ring (bicyclic) bond motifs is 1. The molecule has 104 valence electrons. The summed E-state index contributed by atoms with van der Waals surface area (Å²) in [5.74, 6) is 0. The fourth-order valence-electron chi connectivity index (χ4n) is 2.52. The van der Waals surface area contributed by atoms with E-state index in [1.165, 1.54) is 16.5 Å². The van der Waals surface area contributed by atoms with Gasteiger partial charge in [0, 0.05) is 36.2 Å². The highest BCUT2D eigenvalue weighted by Crippen LogP contribution is 2.17. The molecule has 0 saturated heterocycles. The number of aromatic amines is 1. The second-order valence-electron chi connectivity index (χ2n) is 5.12. The predicted octanol–water partition coefficient (Wildman–Crippen LogP) is 2.99. The molecule has 2 aromatic rings. The zero-order chi connectivity index (χ0) is 13.7. The van der Waals surface area contributed by atoms with Gasteiger partial charge in [-0.2, -0.15) is 0 Å². The molecule has 0 bridgehead atoms. The third kappa shape index (κ3) is 3.58. The molecule has 19 heavy (non-hydrogen) atoms. The maximum atomic E-state index is 3.62. The van der Waals surface area contributed by atoms with Gasteiger partial charge in [0.25, 0.3) is 0 Å². The van der Waals surface area contributed by atoms with Crippen molar-refractivity contribution in [1.82, 2.24) is 15.2 Å². The molecule has 1 unspecified atom stereocenters. The van der Waals surface area contributed by atoms with Gasteiger partial charge in [0.05, 0.1) is 0 Å². The Morgan fingerprint density at radius 1 is 1.21 bits per heavy atom. The number of likely N-dealkylation sites (N-methyl/N-ethyl adjacent to an activating group) is 1. The zero-order valence-corrected chi connectivity index (χ0v) is 12.2. The Labute approximate surface area is 116 Å². The van der Waals surface area contributed by atoms with Crippen LogP contribution in [0.5, 0.6) is 0 Å². The van der Waals surface area contributed by atoms with Crippen LogP contribution in [0, 0.1) is 0 Å². The van der Waals surface area contributed by atoms with E-state index in [9.17, 15) is 0 Å². The first kappa shape index (κ1) is 14.1. The quantitative estimate of drug-likeness (QED) is 0.801. The molecule has 0 saturated carbocycles. The van der Waals surface area contributed by atoms with E-state index in [1.807, 2.05) is 6.20 Å². The molecule has 1 aromatic carbocycles. The third-order valence-electron chi connectivity index (χ3n) is 3.75. The van der Waals surface area contributed by atoms with Crippen LogP contribution in [0.1, 0.15) is 26.3 Å². The first-order valence-electron chi connectivity index (χ1n) is 7.25. The van der Waals surface area contributed by atoms with E-state index in [4.69, 9.17) is 0 Å². The monoisotopic (exact) mass is 259 g/mol.